The highest BCUT2D eigenvalue weighted by atomic mass is 16.5. The summed E-state index contributed by atoms with van der Waals surface area (Å²) in [6.45, 7) is 0.980. The summed E-state index contributed by atoms with van der Waals surface area (Å²) >= 11 is 0. The topological polar surface area (TPSA) is 54.2 Å². The Labute approximate surface area is 167 Å². The van der Waals surface area contributed by atoms with Crippen molar-refractivity contribution in [2.75, 3.05) is 20.6 Å². The average molecular weight is 381 g/mol. The van der Waals surface area contributed by atoms with Gasteiger partial charge in [-0.2, -0.15) is 4.98 Å². The Bertz CT molecular complexity index is 790. The lowest BCUT2D eigenvalue weighted by Gasteiger charge is -2.31. The zero-order valence-corrected chi connectivity index (χ0v) is 17.1. The molecule has 3 saturated carbocycles. The molecule has 3 fully saturated rings. The van der Waals surface area contributed by atoms with Gasteiger partial charge in [0.25, 0.3) is 0 Å². The molecule has 1 aromatic carbocycles. The lowest BCUT2D eigenvalue weighted by molar-refractivity contribution is 0.201. The molecule has 0 radical (unpaired) electrons. The van der Waals surface area contributed by atoms with E-state index in [1.54, 1.807) is 0 Å². The van der Waals surface area contributed by atoms with E-state index < -0.39 is 0 Å². The summed E-state index contributed by atoms with van der Waals surface area (Å²) in [5.74, 6) is 2.95. The molecule has 0 saturated heterocycles. The molecule has 3 aliphatic rings. The molecule has 2 aromatic rings. The van der Waals surface area contributed by atoms with Gasteiger partial charge in [-0.05, 0) is 64.6 Å². The zero-order chi connectivity index (χ0) is 19.1. The quantitative estimate of drug-likeness (QED) is 0.791. The molecular formula is C23H32N4O. The molecule has 150 valence electrons. The lowest BCUT2D eigenvalue weighted by atomic mass is 9.85. The van der Waals surface area contributed by atoms with Crippen molar-refractivity contribution in [1.29, 1.82) is 0 Å². The second-order valence-corrected chi connectivity index (χ2v) is 9.45. The van der Waals surface area contributed by atoms with Gasteiger partial charge in [-0.1, -0.05) is 35.5 Å². The van der Waals surface area contributed by atoms with Crippen LogP contribution in [0.25, 0.3) is 0 Å². The molecule has 3 aliphatic carbocycles. The van der Waals surface area contributed by atoms with E-state index in [0.717, 1.165) is 31.1 Å². The molecule has 5 rings (SSSR count). The Morgan fingerprint density at radius 2 is 1.86 bits per heavy atom. The Balaban J connectivity index is 1.16. The van der Waals surface area contributed by atoms with Crippen molar-refractivity contribution in [3.63, 3.8) is 0 Å². The molecule has 5 heteroatoms. The minimum Gasteiger partial charge on any atom is -0.339 e. The average Bonchev–Trinajstić information content (AvgIpc) is 3.64. The highest BCUT2D eigenvalue weighted by molar-refractivity contribution is 5.28. The number of rotatable bonds is 7. The van der Waals surface area contributed by atoms with Crippen molar-refractivity contribution in [2.24, 2.45) is 0 Å². The summed E-state index contributed by atoms with van der Waals surface area (Å²) in [5, 5.41) is 8.21. The SMILES string of the molecule is CN(C)C1CCC(c2nc(C3(CN[C@@H]4C[C@H]4c4ccccc4)CC3)no2)CC1. The summed E-state index contributed by atoms with van der Waals surface area (Å²) < 4.78 is 5.74. The molecule has 1 aromatic heterocycles. The lowest BCUT2D eigenvalue weighted by Crippen LogP contribution is -2.31. The third-order valence-corrected chi connectivity index (χ3v) is 7.27. The summed E-state index contributed by atoms with van der Waals surface area (Å²) in [5.41, 5.74) is 1.58. The Hall–Kier alpha value is -1.72. The van der Waals surface area contributed by atoms with Crippen LogP contribution in [-0.4, -0.2) is 47.8 Å². The standard InChI is InChI=1S/C23H32N4O/c1-27(2)18-10-8-17(9-11-18)21-25-22(26-28-21)23(12-13-23)15-24-20-14-19(20)16-6-4-3-5-7-16/h3-7,17-20,24H,8-15H2,1-2H3/t17?,18?,19-,20+/m0/s1. The van der Waals surface area contributed by atoms with Crippen molar-refractivity contribution >= 4 is 0 Å². The van der Waals surface area contributed by atoms with Crippen LogP contribution in [0.2, 0.25) is 0 Å². The third kappa shape index (κ3) is 3.62. The fourth-order valence-corrected chi connectivity index (χ4v) is 4.90. The maximum atomic E-state index is 5.74. The van der Waals surface area contributed by atoms with Crippen LogP contribution in [0.5, 0.6) is 0 Å². The molecule has 5 nitrogen and oxygen atoms in total. The first-order valence-electron chi connectivity index (χ1n) is 10.9. The van der Waals surface area contributed by atoms with E-state index >= 15 is 0 Å². The minimum absolute atomic E-state index is 0.117. The van der Waals surface area contributed by atoms with Crippen LogP contribution in [0.3, 0.4) is 0 Å². The van der Waals surface area contributed by atoms with Crippen molar-refractivity contribution in [2.45, 2.75) is 74.3 Å². The molecule has 0 aliphatic heterocycles. The maximum Gasteiger partial charge on any atom is 0.229 e. The van der Waals surface area contributed by atoms with Gasteiger partial charge in [-0.3, -0.25) is 0 Å². The second-order valence-electron chi connectivity index (χ2n) is 9.45. The maximum absolute atomic E-state index is 5.74. The van der Waals surface area contributed by atoms with Gasteiger partial charge in [0.1, 0.15) is 0 Å². The van der Waals surface area contributed by atoms with E-state index in [2.05, 4.69) is 59.8 Å². The number of hydrogen-bond acceptors (Lipinski definition) is 5. The monoisotopic (exact) mass is 380 g/mol. The predicted octanol–water partition coefficient (Wildman–Crippen LogP) is 3.83. The van der Waals surface area contributed by atoms with Crippen LogP contribution in [0.4, 0.5) is 0 Å². The molecule has 0 spiro atoms. The molecule has 0 amide bonds. The number of hydrogen-bond donors (Lipinski definition) is 1. The Morgan fingerprint density at radius 1 is 1.11 bits per heavy atom. The third-order valence-electron chi connectivity index (χ3n) is 7.27. The van der Waals surface area contributed by atoms with Crippen molar-refractivity contribution < 1.29 is 4.52 Å². The number of nitrogens with one attached hydrogen (secondary N) is 1. The largest absolute Gasteiger partial charge is 0.339 e. The highest BCUT2D eigenvalue weighted by Crippen LogP contribution is 2.48. The number of aromatic nitrogens is 2. The van der Waals surface area contributed by atoms with Gasteiger partial charge in [0.2, 0.25) is 5.89 Å². The number of benzene rings is 1. The first-order chi connectivity index (χ1) is 13.6. The van der Waals surface area contributed by atoms with Gasteiger partial charge < -0.3 is 14.7 Å². The molecular weight excluding hydrogens is 348 g/mol. The summed E-state index contributed by atoms with van der Waals surface area (Å²) in [7, 11) is 4.36. The molecule has 28 heavy (non-hydrogen) atoms. The van der Waals surface area contributed by atoms with E-state index in [4.69, 9.17) is 9.51 Å². The van der Waals surface area contributed by atoms with Crippen LogP contribution in [0.15, 0.2) is 34.9 Å². The zero-order valence-electron chi connectivity index (χ0n) is 17.1. The molecule has 1 N–H and O–H groups in total. The van der Waals surface area contributed by atoms with Crippen LogP contribution >= 0.6 is 0 Å². The summed E-state index contributed by atoms with van der Waals surface area (Å²) in [6, 6.07) is 12.2. The van der Waals surface area contributed by atoms with Crippen molar-refractivity contribution in [1.82, 2.24) is 20.4 Å². The predicted molar refractivity (Wildman–Crippen MR) is 109 cm³/mol. The van der Waals surface area contributed by atoms with Gasteiger partial charge >= 0.3 is 0 Å². The van der Waals surface area contributed by atoms with Gasteiger partial charge in [-0.25, -0.2) is 0 Å². The Kier molecular flexibility index (Phi) is 4.76. The highest BCUT2D eigenvalue weighted by Gasteiger charge is 2.50. The van der Waals surface area contributed by atoms with E-state index in [1.165, 1.54) is 37.7 Å². The summed E-state index contributed by atoms with van der Waals surface area (Å²) in [6.07, 6.45) is 8.37. The van der Waals surface area contributed by atoms with E-state index in [9.17, 15) is 0 Å². The minimum atomic E-state index is 0.117. The van der Waals surface area contributed by atoms with Gasteiger partial charge in [0, 0.05) is 35.9 Å². The smallest absolute Gasteiger partial charge is 0.229 e. The van der Waals surface area contributed by atoms with Gasteiger partial charge in [-0.15, -0.1) is 0 Å². The van der Waals surface area contributed by atoms with Crippen LogP contribution < -0.4 is 5.32 Å². The molecule has 1 heterocycles. The molecule has 2 atom stereocenters. The second kappa shape index (κ2) is 7.27. The molecule has 0 bridgehead atoms. The fraction of sp³-hybridized carbons (Fsp3) is 0.652. The van der Waals surface area contributed by atoms with E-state index in [0.29, 0.717) is 23.9 Å². The van der Waals surface area contributed by atoms with Crippen molar-refractivity contribution in [3.8, 4) is 0 Å². The normalized spacial score (nSPS) is 31.1. The summed E-state index contributed by atoms with van der Waals surface area (Å²) in [4.78, 5) is 7.23. The Morgan fingerprint density at radius 3 is 2.54 bits per heavy atom. The first kappa shape index (κ1) is 18.3. The van der Waals surface area contributed by atoms with Crippen LogP contribution in [-0.2, 0) is 5.41 Å². The fourth-order valence-electron chi connectivity index (χ4n) is 4.90. The van der Waals surface area contributed by atoms with Gasteiger partial charge in [0.05, 0.1) is 0 Å². The number of nitrogens with zero attached hydrogens (tertiary/aromatic N) is 3. The van der Waals surface area contributed by atoms with Crippen LogP contribution in [0, 0.1) is 0 Å². The van der Waals surface area contributed by atoms with Gasteiger partial charge in [0.15, 0.2) is 5.82 Å². The first-order valence-corrected chi connectivity index (χ1v) is 10.9. The van der Waals surface area contributed by atoms with E-state index in [-0.39, 0.29) is 5.41 Å². The van der Waals surface area contributed by atoms with E-state index in [1.807, 2.05) is 0 Å². The molecule has 0 unspecified atom stereocenters. The van der Waals surface area contributed by atoms with Crippen LogP contribution in [0.1, 0.15) is 74.1 Å². The van der Waals surface area contributed by atoms with Crippen molar-refractivity contribution in [3.05, 3.63) is 47.6 Å².